The summed E-state index contributed by atoms with van der Waals surface area (Å²) in [6, 6.07) is 11.5. The number of nitrogens with zero attached hydrogens (tertiary/aromatic N) is 1. The molecule has 0 amide bonds. The molecular formula is C16H14N2O2. The molecule has 100 valence electrons. The van der Waals surface area contributed by atoms with E-state index in [-0.39, 0.29) is 5.97 Å². The second-order valence-corrected chi connectivity index (χ2v) is 4.43. The third-order valence-electron chi connectivity index (χ3n) is 3.12. The molecule has 2 aromatic heterocycles. The SMILES string of the molecule is CCOC(=O)c1ccnc(-c2ccc3[nH]ccc3c2)c1. The first kappa shape index (κ1) is 12.4. The fraction of sp³-hybridized carbons (Fsp3) is 0.125. The lowest BCUT2D eigenvalue weighted by Gasteiger charge is -2.05. The van der Waals surface area contributed by atoms with Crippen LogP contribution in [0.2, 0.25) is 0 Å². The van der Waals surface area contributed by atoms with Gasteiger partial charge in [-0.3, -0.25) is 4.98 Å². The molecule has 0 fully saturated rings. The van der Waals surface area contributed by atoms with Gasteiger partial charge in [-0.2, -0.15) is 0 Å². The first-order valence-corrected chi connectivity index (χ1v) is 6.48. The predicted molar refractivity (Wildman–Crippen MR) is 77.5 cm³/mol. The standard InChI is InChI=1S/C16H14N2O2/c1-2-20-16(19)13-6-8-18-15(10-13)11-3-4-14-12(9-11)5-7-17-14/h3-10,17H,2H2,1H3. The van der Waals surface area contributed by atoms with Gasteiger partial charge in [-0.1, -0.05) is 6.07 Å². The Bertz CT molecular complexity index is 762. The van der Waals surface area contributed by atoms with Crippen LogP contribution < -0.4 is 0 Å². The third kappa shape index (κ3) is 2.28. The van der Waals surface area contributed by atoms with Gasteiger partial charge >= 0.3 is 5.97 Å². The molecule has 4 heteroatoms. The molecule has 0 unspecified atom stereocenters. The average molecular weight is 266 g/mol. The Labute approximate surface area is 116 Å². The van der Waals surface area contributed by atoms with E-state index in [0.717, 1.165) is 22.2 Å². The molecule has 1 N–H and O–H groups in total. The smallest absolute Gasteiger partial charge is 0.338 e. The molecule has 4 nitrogen and oxygen atoms in total. The highest BCUT2D eigenvalue weighted by Crippen LogP contribution is 2.23. The Hall–Kier alpha value is -2.62. The summed E-state index contributed by atoms with van der Waals surface area (Å²) in [6.07, 6.45) is 3.53. The van der Waals surface area contributed by atoms with E-state index < -0.39 is 0 Å². The quantitative estimate of drug-likeness (QED) is 0.739. The molecule has 3 aromatic rings. The minimum atomic E-state index is -0.320. The first-order valence-electron chi connectivity index (χ1n) is 6.48. The third-order valence-corrected chi connectivity index (χ3v) is 3.12. The Kier molecular flexibility index (Phi) is 3.21. The van der Waals surface area contributed by atoms with Crippen LogP contribution in [0.4, 0.5) is 0 Å². The van der Waals surface area contributed by atoms with Crippen molar-refractivity contribution < 1.29 is 9.53 Å². The summed E-state index contributed by atoms with van der Waals surface area (Å²) in [5, 5.41) is 1.12. The average Bonchev–Trinajstić information content (AvgIpc) is 2.95. The topological polar surface area (TPSA) is 55.0 Å². The molecule has 2 heterocycles. The monoisotopic (exact) mass is 266 g/mol. The number of fused-ring (bicyclic) bond motifs is 1. The Balaban J connectivity index is 2.00. The minimum Gasteiger partial charge on any atom is -0.462 e. The summed E-state index contributed by atoms with van der Waals surface area (Å²) < 4.78 is 5.00. The molecule has 20 heavy (non-hydrogen) atoms. The van der Waals surface area contributed by atoms with Gasteiger partial charge in [0.15, 0.2) is 0 Å². The summed E-state index contributed by atoms with van der Waals surface area (Å²) in [5.74, 6) is -0.320. The summed E-state index contributed by atoms with van der Waals surface area (Å²) in [7, 11) is 0. The number of hydrogen-bond acceptors (Lipinski definition) is 3. The molecule has 0 saturated heterocycles. The van der Waals surface area contributed by atoms with Crippen molar-refractivity contribution in [3.05, 3.63) is 54.4 Å². The molecule has 0 saturated carbocycles. The largest absolute Gasteiger partial charge is 0.462 e. The van der Waals surface area contributed by atoms with Crippen molar-refractivity contribution in [2.24, 2.45) is 0 Å². The van der Waals surface area contributed by atoms with Gasteiger partial charge in [0.2, 0.25) is 0 Å². The normalized spacial score (nSPS) is 10.7. The summed E-state index contributed by atoms with van der Waals surface area (Å²) in [6.45, 7) is 2.16. The van der Waals surface area contributed by atoms with Gasteiger partial charge in [-0.15, -0.1) is 0 Å². The lowest BCUT2D eigenvalue weighted by Crippen LogP contribution is -2.04. The lowest BCUT2D eigenvalue weighted by atomic mass is 10.1. The molecule has 0 spiro atoms. The maximum absolute atomic E-state index is 11.7. The lowest BCUT2D eigenvalue weighted by molar-refractivity contribution is 0.0526. The van der Waals surface area contributed by atoms with Crippen molar-refractivity contribution in [1.82, 2.24) is 9.97 Å². The number of aromatic nitrogens is 2. The Morgan fingerprint density at radius 3 is 3.00 bits per heavy atom. The van der Waals surface area contributed by atoms with E-state index in [1.807, 2.05) is 30.5 Å². The van der Waals surface area contributed by atoms with Crippen LogP contribution in [-0.2, 0) is 4.74 Å². The first-order chi connectivity index (χ1) is 9.78. The van der Waals surface area contributed by atoms with Crippen molar-refractivity contribution in [2.75, 3.05) is 6.61 Å². The number of benzene rings is 1. The number of H-pyrrole nitrogens is 1. The van der Waals surface area contributed by atoms with Crippen molar-refractivity contribution in [1.29, 1.82) is 0 Å². The number of rotatable bonds is 3. The van der Waals surface area contributed by atoms with Gasteiger partial charge in [0, 0.05) is 28.9 Å². The zero-order chi connectivity index (χ0) is 13.9. The van der Waals surface area contributed by atoms with Crippen LogP contribution in [0.5, 0.6) is 0 Å². The van der Waals surface area contributed by atoms with E-state index in [9.17, 15) is 4.79 Å². The molecule has 3 rings (SSSR count). The highest BCUT2D eigenvalue weighted by Gasteiger charge is 2.09. The van der Waals surface area contributed by atoms with Crippen LogP contribution in [0.3, 0.4) is 0 Å². The van der Waals surface area contributed by atoms with Crippen molar-refractivity contribution in [3.8, 4) is 11.3 Å². The van der Waals surface area contributed by atoms with Crippen molar-refractivity contribution in [3.63, 3.8) is 0 Å². The number of ether oxygens (including phenoxy) is 1. The number of hydrogen-bond donors (Lipinski definition) is 1. The highest BCUT2D eigenvalue weighted by atomic mass is 16.5. The number of nitrogens with one attached hydrogen (secondary N) is 1. The molecule has 0 aliphatic carbocycles. The van der Waals surface area contributed by atoms with E-state index in [4.69, 9.17) is 4.74 Å². The van der Waals surface area contributed by atoms with E-state index in [1.165, 1.54) is 0 Å². The van der Waals surface area contributed by atoms with Crippen LogP contribution in [0.25, 0.3) is 22.2 Å². The van der Waals surface area contributed by atoms with E-state index in [0.29, 0.717) is 12.2 Å². The molecular weight excluding hydrogens is 252 g/mol. The number of carbonyl (C=O) groups is 1. The van der Waals surface area contributed by atoms with Crippen LogP contribution in [0, 0.1) is 0 Å². The van der Waals surface area contributed by atoms with Gasteiger partial charge in [-0.05, 0) is 37.3 Å². The van der Waals surface area contributed by atoms with E-state index >= 15 is 0 Å². The zero-order valence-corrected chi connectivity index (χ0v) is 11.1. The number of aromatic amines is 1. The van der Waals surface area contributed by atoms with Gasteiger partial charge in [-0.25, -0.2) is 4.79 Å². The molecule has 0 radical (unpaired) electrons. The maximum atomic E-state index is 11.7. The number of pyridine rings is 1. The Morgan fingerprint density at radius 1 is 1.25 bits per heavy atom. The predicted octanol–water partition coefficient (Wildman–Crippen LogP) is 3.41. The van der Waals surface area contributed by atoms with Crippen LogP contribution in [0.1, 0.15) is 17.3 Å². The molecule has 0 aliphatic heterocycles. The zero-order valence-electron chi connectivity index (χ0n) is 11.1. The van der Waals surface area contributed by atoms with Gasteiger partial charge in [0.1, 0.15) is 0 Å². The minimum absolute atomic E-state index is 0.320. The van der Waals surface area contributed by atoms with Crippen LogP contribution >= 0.6 is 0 Å². The van der Waals surface area contributed by atoms with Gasteiger partial charge < -0.3 is 9.72 Å². The van der Waals surface area contributed by atoms with Crippen molar-refractivity contribution >= 4 is 16.9 Å². The van der Waals surface area contributed by atoms with Gasteiger partial charge in [0.25, 0.3) is 0 Å². The summed E-state index contributed by atoms with van der Waals surface area (Å²) >= 11 is 0. The van der Waals surface area contributed by atoms with Crippen LogP contribution in [-0.4, -0.2) is 22.5 Å². The van der Waals surface area contributed by atoms with E-state index in [2.05, 4.69) is 9.97 Å². The molecule has 0 aliphatic rings. The molecule has 0 atom stereocenters. The fourth-order valence-electron chi connectivity index (χ4n) is 2.14. The molecule has 0 bridgehead atoms. The van der Waals surface area contributed by atoms with Crippen LogP contribution in [0.15, 0.2) is 48.8 Å². The summed E-state index contributed by atoms with van der Waals surface area (Å²) in [4.78, 5) is 19.2. The maximum Gasteiger partial charge on any atom is 0.338 e. The molecule has 1 aromatic carbocycles. The summed E-state index contributed by atoms with van der Waals surface area (Å²) in [5.41, 5.74) is 3.34. The number of carbonyl (C=O) groups excluding carboxylic acids is 1. The fourth-order valence-corrected chi connectivity index (χ4v) is 2.14. The second kappa shape index (κ2) is 5.17. The highest BCUT2D eigenvalue weighted by molar-refractivity contribution is 5.91. The van der Waals surface area contributed by atoms with E-state index in [1.54, 1.807) is 25.3 Å². The Morgan fingerprint density at radius 2 is 2.15 bits per heavy atom. The van der Waals surface area contributed by atoms with Gasteiger partial charge in [0.05, 0.1) is 17.9 Å². The number of esters is 1. The van der Waals surface area contributed by atoms with Crippen molar-refractivity contribution in [2.45, 2.75) is 6.92 Å². The second-order valence-electron chi connectivity index (χ2n) is 4.43.